The Bertz CT molecular complexity index is 742. The summed E-state index contributed by atoms with van der Waals surface area (Å²) in [6.45, 7) is 0. The largest absolute Gasteiger partial charge is 1.00 e. The van der Waals surface area contributed by atoms with Crippen LogP contribution in [-0.2, 0) is 16.0 Å². The van der Waals surface area contributed by atoms with Gasteiger partial charge in [0, 0.05) is 86.2 Å². The van der Waals surface area contributed by atoms with E-state index in [1.54, 1.807) is 28.2 Å². The first kappa shape index (κ1) is 31.4. The van der Waals surface area contributed by atoms with Crippen LogP contribution in [0.3, 0.4) is 0 Å². The summed E-state index contributed by atoms with van der Waals surface area (Å²) in [5.41, 5.74) is 5.47. The Labute approximate surface area is 224 Å². The van der Waals surface area contributed by atoms with Crippen LogP contribution < -0.4 is 39.4 Å². The van der Waals surface area contributed by atoms with Crippen LogP contribution in [0.4, 0.5) is 11.4 Å². The smallest absolute Gasteiger partial charge is 0.377 e. The van der Waals surface area contributed by atoms with Crippen molar-refractivity contribution in [2.75, 3.05) is 66.2 Å². The number of hydrogen-bond acceptors (Lipinski definition) is 4. The van der Waals surface area contributed by atoms with Crippen LogP contribution >= 0.6 is 0 Å². The molecule has 7 heteroatoms. The monoisotopic (exact) mass is 466 g/mol. The predicted molar refractivity (Wildman–Crippen MR) is 137 cm³/mol. The average Bonchev–Trinajstić information content (AvgIpc) is 3.45. The number of carbonyl (C=O) groups excluding carboxylic acids is 2. The Morgan fingerprint density at radius 3 is 1.61 bits per heavy atom. The number of benzene rings is 1. The van der Waals surface area contributed by atoms with Crippen molar-refractivity contribution in [1.29, 1.82) is 0 Å². The summed E-state index contributed by atoms with van der Waals surface area (Å²) in [6.07, 6.45) is 14.1. The molecule has 0 heterocycles. The fourth-order valence-electron chi connectivity index (χ4n) is 3.53. The minimum atomic E-state index is -0.00907. The summed E-state index contributed by atoms with van der Waals surface area (Å²) in [6, 6.07) is 4.41. The SMILES string of the molecule is CN(C)C(=O)CCC(=O)N(C)C.CN(C)c1ccc(N(C)C)c2c1C=CC2.[CH+]1CCCC1.[Na+]. The van der Waals surface area contributed by atoms with Crippen molar-refractivity contribution in [3.05, 3.63) is 35.8 Å². The summed E-state index contributed by atoms with van der Waals surface area (Å²) < 4.78 is 0. The molecule has 1 fully saturated rings. The first-order valence-corrected chi connectivity index (χ1v) is 11.4. The van der Waals surface area contributed by atoms with Gasteiger partial charge < -0.3 is 19.6 Å². The maximum atomic E-state index is 11.0. The fraction of sp³-hybridized carbons (Fsp3) is 0.577. The molecule has 0 aromatic heterocycles. The fourth-order valence-corrected chi connectivity index (χ4v) is 3.53. The Balaban J connectivity index is 0.000000509. The summed E-state index contributed by atoms with van der Waals surface area (Å²) in [5.74, 6) is -0.0181. The van der Waals surface area contributed by atoms with Crippen LogP contribution in [0.1, 0.15) is 49.7 Å². The van der Waals surface area contributed by atoms with E-state index in [1.165, 1.54) is 58.0 Å². The van der Waals surface area contributed by atoms with Gasteiger partial charge in [0.05, 0.1) is 19.3 Å². The van der Waals surface area contributed by atoms with Crippen molar-refractivity contribution >= 4 is 29.3 Å². The predicted octanol–water partition coefficient (Wildman–Crippen LogP) is 1.10. The molecule has 0 atom stereocenters. The van der Waals surface area contributed by atoms with Crippen molar-refractivity contribution in [3.63, 3.8) is 0 Å². The van der Waals surface area contributed by atoms with Gasteiger partial charge in [-0.15, -0.1) is 0 Å². The summed E-state index contributed by atoms with van der Waals surface area (Å²) in [4.78, 5) is 29.4. The summed E-state index contributed by atoms with van der Waals surface area (Å²) >= 11 is 0. The molecule has 6 nitrogen and oxygen atoms in total. The zero-order valence-electron chi connectivity index (χ0n) is 22.4. The zero-order chi connectivity index (χ0) is 24.3. The van der Waals surface area contributed by atoms with Gasteiger partial charge in [0.15, 0.2) is 0 Å². The molecule has 2 aliphatic rings. The Morgan fingerprint density at radius 2 is 1.24 bits per heavy atom. The van der Waals surface area contributed by atoms with E-state index >= 15 is 0 Å². The van der Waals surface area contributed by atoms with Crippen LogP contribution in [-0.4, -0.2) is 78.0 Å². The topological polar surface area (TPSA) is 47.1 Å². The molecule has 2 aliphatic carbocycles. The van der Waals surface area contributed by atoms with Crippen molar-refractivity contribution < 1.29 is 39.1 Å². The van der Waals surface area contributed by atoms with E-state index in [0.717, 1.165) is 6.42 Å². The van der Waals surface area contributed by atoms with Gasteiger partial charge in [-0.25, -0.2) is 0 Å². The number of amides is 2. The van der Waals surface area contributed by atoms with E-state index in [2.05, 4.69) is 68.7 Å². The van der Waals surface area contributed by atoms with Crippen molar-refractivity contribution in [2.24, 2.45) is 0 Å². The number of rotatable bonds is 5. The third-order valence-corrected chi connectivity index (χ3v) is 5.50. The molecular weight excluding hydrogens is 423 g/mol. The van der Waals surface area contributed by atoms with Gasteiger partial charge in [-0.2, -0.15) is 0 Å². The van der Waals surface area contributed by atoms with Gasteiger partial charge in [-0.3, -0.25) is 9.59 Å². The number of hydrogen-bond donors (Lipinski definition) is 0. The van der Waals surface area contributed by atoms with Gasteiger partial charge in [0.25, 0.3) is 0 Å². The third kappa shape index (κ3) is 10.9. The number of nitrogens with zero attached hydrogens (tertiary/aromatic N) is 4. The molecule has 2 amide bonds. The Morgan fingerprint density at radius 1 is 0.788 bits per heavy atom. The molecule has 0 spiro atoms. The molecule has 1 aromatic rings. The maximum absolute atomic E-state index is 11.0. The quantitative estimate of drug-likeness (QED) is 0.482. The second-order valence-corrected chi connectivity index (χ2v) is 9.04. The zero-order valence-corrected chi connectivity index (χ0v) is 24.4. The second-order valence-electron chi connectivity index (χ2n) is 9.04. The minimum absolute atomic E-state index is 0. The van der Waals surface area contributed by atoms with E-state index in [0.29, 0.717) is 12.8 Å². The van der Waals surface area contributed by atoms with Crippen LogP contribution in [0.15, 0.2) is 18.2 Å². The van der Waals surface area contributed by atoms with E-state index in [9.17, 15) is 9.59 Å². The molecule has 3 rings (SSSR count). The van der Waals surface area contributed by atoms with Crippen LogP contribution in [0, 0.1) is 6.42 Å². The minimum Gasteiger partial charge on any atom is -0.377 e. The van der Waals surface area contributed by atoms with E-state index in [1.807, 2.05) is 0 Å². The second kappa shape index (κ2) is 16.1. The van der Waals surface area contributed by atoms with Crippen LogP contribution in [0.2, 0.25) is 0 Å². The average molecular weight is 467 g/mol. The molecule has 1 saturated carbocycles. The first-order valence-electron chi connectivity index (χ1n) is 11.4. The van der Waals surface area contributed by atoms with Crippen LogP contribution in [0.5, 0.6) is 0 Å². The third-order valence-electron chi connectivity index (χ3n) is 5.50. The van der Waals surface area contributed by atoms with Gasteiger partial charge in [-0.1, -0.05) is 12.2 Å². The number of anilines is 2. The van der Waals surface area contributed by atoms with Gasteiger partial charge in [0.1, 0.15) is 0 Å². The van der Waals surface area contributed by atoms with Gasteiger partial charge in [0.2, 0.25) is 11.8 Å². The Hall–Kier alpha value is -1.63. The summed E-state index contributed by atoms with van der Waals surface area (Å²) in [7, 11) is 15.1. The van der Waals surface area contributed by atoms with Crippen molar-refractivity contribution in [2.45, 2.75) is 44.9 Å². The molecule has 0 saturated heterocycles. The molecule has 0 aliphatic heterocycles. The number of allylic oxidation sites excluding steroid dienone is 1. The molecule has 178 valence electrons. The molecule has 1 aromatic carbocycles. The summed E-state index contributed by atoms with van der Waals surface area (Å²) in [5, 5.41) is 0. The van der Waals surface area contributed by atoms with Gasteiger partial charge >= 0.3 is 29.6 Å². The normalized spacial score (nSPS) is 12.6. The van der Waals surface area contributed by atoms with Gasteiger partial charge in [-0.05, 0) is 37.0 Å². The number of carbonyl (C=O) groups is 2. The van der Waals surface area contributed by atoms with Crippen molar-refractivity contribution in [3.8, 4) is 0 Å². The molecule has 0 N–H and O–H groups in total. The van der Waals surface area contributed by atoms with E-state index < -0.39 is 0 Å². The molecule has 0 bridgehead atoms. The molecule has 33 heavy (non-hydrogen) atoms. The number of fused-ring (bicyclic) bond motifs is 1. The maximum Gasteiger partial charge on any atom is 1.00 e. The Kier molecular flexibility index (Phi) is 15.3. The van der Waals surface area contributed by atoms with E-state index in [4.69, 9.17) is 0 Å². The molecular formula is C26H43N4NaO2+2. The molecule has 0 radical (unpaired) electrons. The molecule has 0 unspecified atom stereocenters. The first-order chi connectivity index (χ1) is 15.1. The van der Waals surface area contributed by atoms with Crippen LogP contribution in [0.25, 0.3) is 6.08 Å². The standard InChI is InChI=1S/C13H18N2.C8H16N2O2.C5H9.Na/c1-14(2)12-8-9-13(15(3)4)11-7-5-6-10(11)12;1-9(2)7(11)5-6-8(12)10(3)4;1-2-4-5-3-1;/h5-6,8-9H,7H2,1-4H3;5-6H2,1-4H3;1H,2-5H2;/q;;2*+1. The van der Waals surface area contributed by atoms with E-state index in [-0.39, 0.29) is 41.4 Å². The van der Waals surface area contributed by atoms with Crippen molar-refractivity contribution in [1.82, 2.24) is 9.80 Å².